The number of nitrogens with one attached hydrogen (secondary N) is 3. The average Bonchev–Trinajstić information content (AvgIpc) is 3.51. The Hall–Kier alpha value is -5.63. The minimum atomic E-state index is -0.504. The van der Waals surface area contributed by atoms with Crippen molar-refractivity contribution >= 4 is 63.3 Å². The molecule has 0 saturated heterocycles. The number of carbonyl (C=O) groups is 3. The Balaban J connectivity index is 1.29. The fourth-order valence-electron chi connectivity index (χ4n) is 4.69. The van der Waals surface area contributed by atoms with Gasteiger partial charge in [-0.1, -0.05) is 66.7 Å². The molecule has 0 fully saturated rings. The van der Waals surface area contributed by atoms with Crippen molar-refractivity contribution in [3.63, 3.8) is 0 Å². The first kappa shape index (κ1) is 33.7. The standard InChI is InChI=1S/C38H33N5O3S2/c1-25(35(44)42-38-32(23-39)33(24-47-38)27-11-6-4-7-12-27)48-31-16-10-15-29(22-31)40-37(46)34(41-36(45)28-13-8-5-9-14-28)21-26-17-19-30(20-18-26)43(2)3/h4-22,24-25H,1-3H3,(H,40,46)(H,41,45)(H,42,44)/b34-21+. The minimum absolute atomic E-state index is 0.0753. The molecule has 48 heavy (non-hydrogen) atoms. The fourth-order valence-corrected chi connectivity index (χ4v) is 6.53. The number of hydrogen-bond donors (Lipinski definition) is 3. The summed E-state index contributed by atoms with van der Waals surface area (Å²) in [6, 6.07) is 35.3. The second-order valence-corrected chi connectivity index (χ2v) is 13.2. The van der Waals surface area contributed by atoms with Gasteiger partial charge in [0.25, 0.3) is 11.8 Å². The lowest BCUT2D eigenvalue weighted by Crippen LogP contribution is -2.30. The van der Waals surface area contributed by atoms with Gasteiger partial charge >= 0.3 is 0 Å². The Morgan fingerprint density at radius 2 is 1.56 bits per heavy atom. The zero-order valence-electron chi connectivity index (χ0n) is 26.6. The molecule has 0 saturated carbocycles. The predicted octanol–water partition coefficient (Wildman–Crippen LogP) is 7.88. The van der Waals surface area contributed by atoms with Crippen LogP contribution in [0.15, 0.2) is 125 Å². The van der Waals surface area contributed by atoms with E-state index in [1.807, 2.05) is 91.1 Å². The van der Waals surface area contributed by atoms with Gasteiger partial charge in [-0.25, -0.2) is 0 Å². The van der Waals surface area contributed by atoms with Gasteiger partial charge in [-0.15, -0.1) is 23.1 Å². The van der Waals surface area contributed by atoms with Gasteiger partial charge in [-0.2, -0.15) is 5.26 Å². The van der Waals surface area contributed by atoms with Crippen LogP contribution in [0.5, 0.6) is 0 Å². The molecular weight excluding hydrogens is 639 g/mol. The van der Waals surface area contributed by atoms with E-state index in [9.17, 15) is 19.6 Å². The van der Waals surface area contributed by atoms with Gasteiger partial charge in [0.1, 0.15) is 16.8 Å². The largest absolute Gasteiger partial charge is 0.378 e. The van der Waals surface area contributed by atoms with E-state index >= 15 is 0 Å². The lowest BCUT2D eigenvalue weighted by molar-refractivity contribution is -0.115. The van der Waals surface area contributed by atoms with E-state index in [0.717, 1.165) is 27.3 Å². The van der Waals surface area contributed by atoms with E-state index in [-0.39, 0.29) is 11.6 Å². The minimum Gasteiger partial charge on any atom is -0.378 e. The molecule has 0 aliphatic rings. The maximum absolute atomic E-state index is 13.6. The van der Waals surface area contributed by atoms with Crippen molar-refractivity contribution in [2.45, 2.75) is 17.1 Å². The third-order valence-corrected chi connectivity index (χ3v) is 9.24. The monoisotopic (exact) mass is 671 g/mol. The molecule has 0 aliphatic heterocycles. The summed E-state index contributed by atoms with van der Waals surface area (Å²) in [5.41, 5.74) is 4.85. The van der Waals surface area contributed by atoms with Crippen molar-refractivity contribution in [1.29, 1.82) is 5.26 Å². The average molecular weight is 672 g/mol. The number of benzene rings is 4. The fraction of sp³-hybridized carbons (Fsp3) is 0.105. The molecule has 0 spiro atoms. The Bertz CT molecular complexity index is 1980. The number of thiophene rings is 1. The number of anilines is 3. The summed E-state index contributed by atoms with van der Waals surface area (Å²) < 4.78 is 0. The molecular formula is C38H33N5O3S2. The van der Waals surface area contributed by atoms with Crippen molar-refractivity contribution in [1.82, 2.24) is 5.32 Å². The van der Waals surface area contributed by atoms with Gasteiger partial charge < -0.3 is 20.9 Å². The Morgan fingerprint density at radius 1 is 0.875 bits per heavy atom. The highest BCUT2D eigenvalue weighted by atomic mass is 32.2. The van der Waals surface area contributed by atoms with Gasteiger partial charge in [0.15, 0.2) is 0 Å². The Morgan fingerprint density at radius 3 is 2.23 bits per heavy atom. The van der Waals surface area contributed by atoms with E-state index in [1.165, 1.54) is 23.1 Å². The first-order chi connectivity index (χ1) is 23.2. The van der Waals surface area contributed by atoms with Gasteiger partial charge in [-0.05, 0) is 66.6 Å². The quantitative estimate of drug-likeness (QED) is 0.0973. The molecule has 240 valence electrons. The SMILES string of the molecule is CC(Sc1cccc(NC(=O)/C(=C\c2ccc(N(C)C)cc2)NC(=O)c2ccccc2)c1)C(=O)Nc1scc(-c2ccccc2)c1C#N. The topological polar surface area (TPSA) is 114 Å². The van der Waals surface area contributed by atoms with Crippen LogP contribution in [-0.2, 0) is 9.59 Å². The van der Waals surface area contributed by atoms with Crippen LogP contribution in [0.3, 0.4) is 0 Å². The van der Waals surface area contributed by atoms with E-state index in [4.69, 9.17) is 0 Å². The highest BCUT2D eigenvalue weighted by Crippen LogP contribution is 2.36. The number of nitrogens with zero attached hydrogens (tertiary/aromatic N) is 2. The summed E-state index contributed by atoms with van der Waals surface area (Å²) in [5.74, 6) is -1.16. The molecule has 8 nitrogen and oxygen atoms in total. The van der Waals surface area contributed by atoms with Gasteiger partial charge in [0.2, 0.25) is 5.91 Å². The summed E-state index contributed by atoms with van der Waals surface area (Å²) in [7, 11) is 3.89. The molecule has 5 aromatic rings. The lowest BCUT2D eigenvalue weighted by Gasteiger charge is -2.14. The highest BCUT2D eigenvalue weighted by molar-refractivity contribution is 8.00. The van der Waals surface area contributed by atoms with Gasteiger partial charge in [0.05, 0.1) is 10.8 Å². The van der Waals surface area contributed by atoms with Crippen LogP contribution in [-0.4, -0.2) is 37.1 Å². The number of nitriles is 1. The van der Waals surface area contributed by atoms with Crippen LogP contribution in [0, 0.1) is 11.3 Å². The van der Waals surface area contributed by atoms with Crippen LogP contribution < -0.4 is 20.9 Å². The van der Waals surface area contributed by atoms with E-state index < -0.39 is 17.1 Å². The van der Waals surface area contributed by atoms with Crippen molar-refractivity contribution in [2.24, 2.45) is 0 Å². The van der Waals surface area contributed by atoms with E-state index in [2.05, 4.69) is 22.0 Å². The third-order valence-electron chi connectivity index (χ3n) is 7.25. The van der Waals surface area contributed by atoms with Crippen LogP contribution in [0.2, 0.25) is 0 Å². The molecule has 0 aliphatic carbocycles. The van der Waals surface area contributed by atoms with Crippen molar-refractivity contribution < 1.29 is 14.4 Å². The Labute approximate surface area is 288 Å². The molecule has 0 radical (unpaired) electrons. The molecule has 1 aromatic heterocycles. The first-order valence-corrected chi connectivity index (χ1v) is 16.8. The van der Waals surface area contributed by atoms with Gasteiger partial charge in [-0.3, -0.25) is 14.4 Å². The summed E-state index contributed by atoms with van der Waals surface area (Å²) in [6.45, 7) is 1.78. The van der Waals surface area contributed by atoms with Crippen LogP contribution >= 0.6 is 23.1 Å². The molecule has 4 aromatic carbocycles. The molecule has 1 atom stereocenters. The summed E-state index contributed by atoms with van der Waals surface area (Å²) in [5, 5.41) is 20.3. The van der Waals surface area contributed by atoms with E-state index in [1.54, 1.807) is 55.5 Å². The summed E-state index contributed by atoms with van der Waals surface area (Å²) in [4.78, 5) is 42.5. The molecule has 3 N–H and O–H groups in total. The first-order valence-electron chi connectivity index (χ1n) is 15.0. The number of amides is 3. The number of carbonyl (C=O) groups excluding carboxylic acids is 3. The molecule has 10 heteroatoms. The zero-order valence-corrected chi connectivity index (χ0v) is 28.2. The van der Waals surface area contributed by atoms with Crippen LogP contribution in [0.4, 0.5) is 16.4 Å². The molecule has 0 bridgehead atoms. The Kier molecular flexibility index (Phi) is 11.1. The molecule has 1 unspecified atom stereocenters. The molecule has 1 heterocycles. The third kappa shape index (κ3) is 8.59. The lowest BCUT2D eigenvalue weighted by atomic mass is 10.1. The van der Waals surface area contributed by atoms with Gasteiger partial charge in [0, 0.05) is 46.9 Å². The smallest absolute Gasteiger partial charge is 0.272 e. The normalized spacial score (nSPS) is 11.6. The molecule has 3 amide bonds. The van der Waals surface area contributed by atoms with Crippen molar-refractivity contribution in [2.75, 3.05) is 29.6 Å². The number of thioether (sulfide) groups is 1. The van der Waals surface area contributed by atoms with Crippen molar-refractivity contribution in [3.8, 4) is 17.2 Å². The predicted molar refractivity (Wildman–Crippen MR) is 196 cm³/mol. The zero-order chi connectivity index (χ0) is 34.0. The number of hydrogen-bond acceptors (Lipinski definition) is 7. The highest BCUT2D eigenvalue weighted by Gasteiger charge is 2.20. The second-order valence-electron chi connectivity index (χ2n) is 10.9. The molecule has 5 rings (SSSR count). The van der Waals surface area contributed by atoms with Crippen LogP contribution in [0.25, 0.3) is 17.2 Å². The van der Waals surface area contributed by atoms with E-state index in [0.29, 0.717) is 21.8 Å². The van der Waals surface area contributed by atoms with Crippen LogP contribution in [0.1, 0.15) is 28.4 Å². The maximum Gasteiger partial charge on any atom is 0.272 e. The maximum atomic E-state index is 13.6. The summed E-state index contributed by atoms with van der Waals surface area (Å²) >= 11 is 2.64. The number of rotatable bonds is 11. The van der Waals surface area contributed by atoms with Crippen molar-refractivity contribution in [3.05, 3.63) is 137 Å². The summed E-state index contributed by atoms with van der Waals surface area (Å²) in [6.07, 6.45) is 1.63. The second kappa shape index (κ2) is 15.8.